The highest BCUT2D eigenvalue weighted by atomic mass is 15.1. The first kappa shape index (κ1) is 29.9. The van der Waals surface area contributed by atoms with Gasteiger partial charge in [0.25, 0.3) is 0 Å². The molecule has 0 aliphatic heterocycles. The molecule has 9 aromatic rings. The van der Waals surface area contributed by atoms with Crippen LogP contribution in [0.25, 0.3) is 88.1 Å². The van der Waals surface area contributed by atoms with Gasteiger partial charge in [-0.2, -0.15) is 0 Å². The highest BCUT2D eigenvalue weighted by molar-refractivity contribution is 6.19. The van der Waals surface area contributed by atoms with Gasteiger partial charge in [0.05, 0.1) is 22.1 Å². The van der Waals surface area contributed by atoms with E-state index in [4.69, 9.17) is 9.97 Å². The zero-order valence-corrected chi connectivity index (χ0v) is 29.8. The van der Waals surface area contributed by atoms with E-state index in [9.17, 15) is 0 Å². The Bertz CT molecular complexity index is 2790. The zero-order chi connectivity index (χ0) is 34.8. The van der Waals surface area contributed by atoms with E-state index in [1.165, 1.54) is 77.2 Å². The molecule has 0 bridgehead atoms. The van der Waals surface area contributed by atoms with Crippen LogP contribution >= 0.6 is 0 Å². The molecule has 0 fully saturated rings. The highest BCUT2D eigenvalue weighted by Crippen LogP contribution is 2.51. The molecule has 1 aliphatic carbocycles. The summed E-state index contributed by atoms with van der Waals surface area (Å²) in [5.74, 6) is 2.03. The van der Waals surface area contributed by atoms with Crippen LogP contribution in [0.4, 0.5) is 0 Å². The van der Waals surface area contributed by atoms with Crippen molar-refractivity contribution in [2.75, 3.05) is 0 Å². The van der Waals surface area contributed by atoms with E-state index in [0.29, 0.717) is 0 Å². The number of hydrogen-bond donors (Lipinski definition) is 0. The van der Waals surface area contributed by atoms with Crippen molar-refractivity contribution in [1.82, 2.24) is 19.1 Å². The Labute approximate surface area is 297 Å². The summed E-state index contributed by atoms with van der Waals surface area (Å²) in [5.41, 5.74) is 17.0. The number of aromatic nitrogens is 4. The van der Waals surface area contributed by atoms with Crippen molar-refractivity contribution in [2.24, 2.45) is 14.1 Å². The van der Waals surface area contributed by atoms with Gasteiger partial charge in [-0.1, -0.05) is 98.8 Å². The summed E-state index contributed by atoms with van der Waals surface area (Å²) in [7, 11) is 4.20. The van der Waals surface area contributed by atoms with E-state index in [2.05, 4.69) is 172 Å². The lowest BCUT2D eigenvalue weighted by Crippen LogP contribution is -2.14. The van der Waals surface area contributed by atoms with Crippen LogP contribution in [0.3, 0.4) is 0 Å². The second-order valence-corrected chi connectivity index (χ2v) is 14.8. The molecule has 246 valence electrons. The van der Waals surface area contributed by atoms with Crippen molar-refractivity contribution in [2.45, 2.75) is 33.1 Å². The van der Waals surface area contributed by atoms with Crippen LogP contribution < -0.4 is 0 Å². The Morgan fingerprint density at radius 1 is 0.451 bits per heavy atom. The second kappa shape index (κ2) is 10.5. The summed E-state index contributed by atoms with van der Waals surface area (Å²) in [6.45, 7) is 8.87. The third-order valence-electron chi connectivity index (χ3n) is 11.7. The van der Waals surface area contributed by atoms with Gasteiger partial charge in [-0.3, -0.25) is 0 Å². The van der Waals surface area contributed by atoms with Crippen LogP contribution in [-0.2, 0) is 19.5 Å². The highest BCUT2D eigenvalue weighted by Gasteiger charge is 2.35. The summed E-state index contributed by atoms with van der Waals surface area (Å²) in [4.78, 5) is 9.58. The SMILES string of the molecule is Cc1nc2ccc(-c3cccc4c(-c5ccc6c(c5)C(C)(C)c5ccccc5-6)c5cccc(-c6ccc7nc(C)n(C)c7c6)c5cc34)cc2n1C. The Kier molecular flexibility index (Phi) is 6.15. The van der Waals surface area contributed by atoms with Crippen molar-refractivity contribution < 1.29 is 0 Å². The molecule has 10 rings (SSSR count). The minimum absolute atomic E-state index is 0.0913. The molecular weight excluding hydrogens is 621 g/mol. The molecule has 2 heterocycles. The molecule has 0 spiro atoms. The zero-order valence-electron chi connectivity index (χ0n) is 29.8. The monoisotopic (exact) mass is 658 g/mol. The number of aryl methyl sites for hydroxylation is 4. The summed E-state index contributed by atoms with van der Waals surface area (Å²) in [6.07, 6.45) is 0. The van der Waals surface area contributed by atoms with E-state index in [1.54, 1.807) is 0 Å². The summed E-state index contributed by atoms with van der Waals surface area (Å²) < 4.78 is 4.37. The van der Waals surface area contributed by atoms with Gasteiger partial charge in [0, 0.05) is 19.5 Å². The molecular formula is C47H38N4. The van der Waals surface area contributed by atoms with Crippen molar-refractivity contribution in [3.05, 3.63) is 144 Å². The minimum Gasteiger partial charge on any atom is -0.331 e. The average molecular weight is 659 g/mol. The normalized spacial score (nSPS) is 13.5. The molecule has 0 saturated heterocycles. The fraction of sp³-hybridized carbons (Fsp3) is 0.149. The number of hydrogen-bond acceptors (Lipinski definition) is 2. The van der Waals surface area contributed by atoms with Crippen molar-refractivity contribution >= 4 is 43.6 Å². The number of benzene rings is 7. The maximum atomic E-state index is 4.79. The van der Waals surface area contributed by atoms with E-state index in [-0.39, 0.29) is 5.41 Å². The van der Waals surface area contributed by atoms with Gasteiger partial charge in [0.1, 0.15) is 11.6 Å². The summed E-state index contributed by atoms with van der Waals surface area (Å²) >= 11 is 0. The van der Waals surface area contributed by atoms with Crippen LogP contribution in [0.1, 0.15) is 36.6 Å². The standard InChI is InChI=1S/C47H38N4/c1-27-48-42-21-18-29(24-44(42)50(27)5)32-12-9-14-36-38(32)26-39-33(30-19-22-43-45(25-30)51(6)28(2)49-43)13-10-15-37(39)46(36)31-17-20-35-34-11-7-8-16-40(34)47(3,4)41(35)23-31/h7-26H,1-6H3. The largest absolute Gasteiger partial charge is 0.331 e. The summed E-state index contributed by atoms with van der Waals surface area (Å²) in [6, 6.07) is 45.5. The van der Waals surface area contributed by atoms with E-state index < -0.39 is 0 Å². The van der Waals surface area contributed by atoms with Crippen LogP contribution in [0.15, 0.2) is 121 Å². The average Bonchev–Trinajstić information content (AvgIpc) is 3.69. The molecule has 0 radical (unpaired) electrons. The molecule has 4 nitrogen and oxygen atoms in total. The predicted octanol–water partition coefficient (Wildman–Crippen LogP) is 11.7. The number of fused-ring (bicyclic) bond motifs is 7. The van der Waals surface area contributed by atoms with Gasteiger partial charge >= 0.3 is 0 Å². The Morgan fingerprint density at radius 3 is 1.55 bits per heavy atom. The first-order valence-corrected chi connectivity index (χ1v) is 17.8. The smallest absolute Gasteiger partial charge is 0.106 e. The fourth-order valence-electron chi connectivity index (χ4n) is 8.80. The van der Waals surface area contributed by atoms with Crippen molar-refractivity contribution in [3.63, 3.8) is 0 Å². The molecule has 1 aliphatic rings. The van der Waals surface area contributed by atoms with Crippen LogP contribution in [0.2, 0.25) is 0 Å². The number of nitrogens with zero attached hydrogens (tertiary/aromatic N) is 4. The number of imidazole rings is 2. The van der Waals surface area contributed by atoms with Crippen LogP contribution in [0.5, 0.6) is 0 Å². The van der Waals surface area contributed by atoms with Crippen molar-refractivity contribution in [3.8, 4) is 44.5 Å². The Balaban J connectivity index is 1.29. The summed E-state index contributed by atoms with van der Waals surface area (Å²) in [5, 5.41) is 4.99. The molecule has 7 aromatic carbocycles. The van der Waals surface area contributed by atoms with Gasteiger partial charge in [-0.05, 0) is 127 Å². The van der Waals surface area contributed by atoms with Crippen LogP contribution in [0, 0.1) is 13.8 Å². The van der Waals surface area contributed by atoms with E-state index >= 15 is 0 Å². The lowest BCUT2D eigenvalue weighted by molar-refractivity contribution is 0.660. The third kappa shape index (κ3) is 4.20. The molecule has 51 heavy (non-hydrogen) atoms. The molecule has 0 N–H and O–H groups in total. The van der Waals surface area contributed by atoms with Gasteiger partial charge < -0.3 is 9.13 Å². The second-order valence-electron chi connectivity index (χ2n) is 14.8. The molecule has 0 amide bonds. The molecule has 2 aromatic heterocycles. The molecule has 0 atom stereocenters. The quantitative estimate of drug-likeness (QED) is 0.177. The lowest BCUT2D eigenvalue weighted by atomic mass is 9.80. The van der Waals surface area contributed by atoms with E-state index in [0.717, 1.165) is 33.7 Å². The van der Waals surface area contributed by atoms with Gasteiger partial charge in [0.2, 0.25) is 0 Å². The Morgan fingerprint density at radius 2 is 0.961 bits per heavy atom. The molecule has 0 unspecified atom stereocenters. The maximum absolute atomic E-state index is 4.79. The topological polar surface area (TPSA) is 35.6 Å². The van der Waals surface area contributed by atoms with Crippen LogP contribution in [-0.4, -0.2) is 19.1 Å². The first-order chi connectivity index (χ1) is 24.7. The minimum atomic E-state index is -0.0913. The van der Waals surface area contributed by atoms with Gasteiger partial charge in [-0.25, -0.2) is 9.97 Å². The first-order valence-electron chi connectivity index (χ1n) is 17.8. The molecule has 4 heteroatoms. The predicted molar refractivity (Wildman–Crippen MR) is 213 cm³/mol. The fourth-order valence-corrected chi connectivity index (χ4v) is 8.80. The van der Waals surface area contributed by atoms with Gasteiger partial charge in [0.15, 0.2) is 0 Å². The number of rotatable bonds is 3. The van der Waals surface area contributed by atoms with Crippen molar-refractivity contribution in [1.29, 1.82) is 0 Å². The lowest BCUT2D eigenvalue weighted by Gasteiger charge is -2.23. The molecule has 0 saturated carbocycles. The van der Waals surface area contributed by atoms with Gasteiger partial charge in [-0.15, -0.1) is 0 Å². The van der Waals surface area contributed by atoms with E-state index in [1.807, 2.05) is 0 Å². The maximum Gasteiger partial charge on any atom is 0.106 e. The third-order valence-corrected chi connectivity index (χ3v) is 11.7. The Hall–Kier alpha value is -6.00.